The Hall–Kier alpha value is -2.31. The Morgan fingerprint density at radius 2 is 1.82 bits per heavy atom. The van der Waals surface area contributed by atoms with Gasteiger partial charge in [0.2, 0.25) is 0 Å². The van der Waals surface area contributed by atoms with Gasteiger partial charge in [-0.15, -0.1) is 0 Å². The number of benzene rings is 1. The van der Waals surface area contributed by atoms with Gasteiger partial charge < -0.3 is 10.1 Å². The maximum atomic E-state index is 13.6. The van der Waals surface area contributed by atoms with Gasteiger partial charge >= 0.3 is 5.97 Å². The molecule has 0 aliphatic carbocycles. The molecule has 7 heteroatoms. The predicted molar refractivity (Wildman–Crippen MR) is 51.4 cm³/mol. The van der Waals surface area contributed by atoms with Gasteiger partial charge in [-0.25, -0.2) is 18.0 Å². The summed E-state index contributed by atoms with van der Waals surface area (Å²) in [6.07, 6.45) is 0. The number of aromatic amines is 1. The number of halogens is 3. The van der Waals surface area contributed by atoms with Crippen LogP contribution in [0.4, 0.5) is 13.2 Å². The Bertz CT molecular complexity index is 693. The maximum absolute atomic E-state index is 13.6. The number of rotatable bonds is 1. The molecule has 4 nitrogen and oxygen atoms in total. The number of carboxylic acid groups (broad SMARTS) is 1. The normalized spacial score (nSPS) is 10.8. The lowest BCUT2D eigenvalue weighted by Gasteiger charge is -2.04. The van der Waals surface area contributed by atoms with E-state index in [9.17, 15) is 22.8 Å². The summed E-state index contributed by atoms with van der Waals surface area (Å²) in [4.78, 5) is 23.8. The van der Waals surface area contributed by atoms with E-state index in [-0.39, 0.29) is 5.52 Å². The molecule has 0 bridgehead atoms. The standard InChI is InChI=1S/C10H4F3NO3/c11-3-1-2-4-5(7(3)12)8(13)6(10(16)17)9(15)14-4/h1-2H,(H,14,15)(H,16,17). The van der Waals surface area contributed by atoms with Crippen LogP contribution in [-0.2, 0) is 0 Å². The monoisotopic (exact) mass is 243 g/mol. The van der Waals surface area contributed by atoms with E-state index >= 15 is 0 Å². The second-order valence-corrected chi connectivity index (χ2v) is 3.23. The van der Waals surface area contributed by atoms with Gasteiger partial charge in [0.25, 0.3) is 5.56 Å². The minimum atomic E-state index is -1.85. The second kappa shape index (κ2) is 3.62. The van der Waals surface area contributed by atoms with Crippen LogP contribution < -0.4 is 5.56 Å². The Labute approximate surface area is 91.3 Å². The van der Waals surface area contributed by atoms with E-state index in [0.29, 0.717) is 6.07 Å². The minimum absolute atomic E-state index is 0.309. The highest BCUT2D eigenvalue weighted by atomic mass is 19.2. The molecule has 0 spiro atoms. The zero-order chi connectivity index (χ0) is 12.7. The molecule has 0 unspecified atom stereocenters. The molecule has 0 saturated heterocycles. The molecule has 17 heavy (non-hydrogen) atoms. The summed E-state index contributed by atoms with van der Waals surface area (Å²) < 4.78 is 39.8. The van der Waals surface area contributed by atoms with Gasteiger partial charge in [0.1, 0.15) is 0 Å². The molecule has 2 rings (SSSR count). The highest BCUT2D eigenvalue weighted by Gasteiger charge is 2.22. The molecule has 2 N–H and O–H groups in total. The third-order valence-electron chi connectivity index (χ3n) is 2.22. The van der Waals surface area contributed by atoms with Crippen LogP contribution in [0, 0.1) is 17.5 Å². The molecule has 0 amide bonds. The van der Waals surface area contributed by atoms with E-state index in [4.69, 9.17) is 5.11 Å². The smallest absolute Gasteiger partial charge is 0.344 e. The number of nitrogens with one attached hydrogen (secondary N) is 1. The van der Waals surface area contributed by atoms with Gasteiger partial charge in [0.05, 0.1) is 10.9 Å². The van der Waals surface area contributed by atoms with Crippen LogP contribution in [0.2, 0.25) is 0 Å². The molecular formula is C10H4F3NO3. The summed E-state index contributed by atoms with van der Waals surface area (Å²) in [5.74, 6) is -6.32. The molecule has 88 valence electrons. The van der Waals surface area contributed by atoms with Crippen molar-refractivity contribution in [1.29, 1.82) is 0 Å². The third-order valence-corrected chi connectivity index (χ3v) is 2.22. The molecule has 0 aliphatic rings. The van der Waals surface area contributed by atoms with Crippen molar-refractivity contribution in [3.05, 3.63) is 45.5 Å². The maximum Gasteiger partial charge on any atom is 0.344 e. The first kappa shape index (κ1) is 11.2. The average Bonchev–Trinajstić information content (AvgIpc) is 2.22. The molecule has 0 atom stereocenters. The van der Waals surface area contributed by atoms with Gasteiger partial charge in [0, 0.05) is 0 Å². The highest BCUT2D eigenvalue weighted by Crippen LogP contribution is 2.22. The lowest BCUT2D eigenvalue weighted by atomic mass is 10.1. The number of H-pyrrole nitrogens is 1. The molecule has 0 saturated carbocycles. The summed E-state index contributed by atoms with van der Waals surface area (Å²) in [5.41, 5.74) is -2.77. The first-order chi connectivity index (χ1) is 7.93. The van der Waals surface area contributed by atoms with E-state index in [0.717, 1.165) is 6.07 Å². The Kier molecular flexibility index (Phi) is 2.38. The molecule has 1 heterocycles. The van der Waals surface area contributed by atoms with Crippen molar-refractivity contribution >= 4 is 16.9 Å². The van der Waals surface area contributed by atoms with Crippen LogP contribution in [0.3, 0.4) is 0 Å². The molecule has 1 aromatic carbocycles. The lowest BCUT2D eigenvalue weighted by Crippen LogP contribution is -2.20. The van der Waals surface area contributed by atoms with E-state index < -0.39 is 39.9 Å². The van der Waals surface area contributed by atoms with Crippen LogP contribution in [0.1, 0.15) is 10.4 Å². The molecule has 1 aromatic heterocycles. The van der Waals surface area contributed by atoms with Gasteiger partial charge in [0.15, 0.2) is 23.0 Å². The Balaban J connectivity index is 3.05. The number of fused-ring (bicyclic) bond motifs is 1. The summed E-state index contributed by atoms with van der Waals surface area (Å²) in [6.45, 7) is 0. The number of hydrogen-bond donors (Lipinski definition) is 2. The van der Waals surface area contributed by atoms with Gasteiger partial charge in [-0.1, -0.05) is 0 Å². The molecule has 0 fully saturated rings. The van der Waals surface area contributed by atoms with Gasteiger partial charge in [-0.3, -0.25) is 4.79 Å². The third kappa shape index (κ3) is 1.55. The van der Waals surface area contributed by atoms with E-state index in [1.807, 2.05) is 4.98 Å². The van der Waals surface area contributed by atoms with Crippen molar-refractivity contribution < 1.29 is 23.1 Å². The molecule has 0 radical (unpaired) electrons. The number of hydrogen-bond acceptors (Lipinski definition) is 2. The Morgan fingerprint density at radius 1 is 1.18 bits per heavy atom. The zero-order valence-corrected chi connectivity index (χ0v) is 8.05. The van der Waals surface area contributed by atoms with Crippen LogP contribution in [-0.4, -0.2) is 16.1 Å². The van der Waals surface area contributed by atoms with Crippen molar-refractivity contribution in [2.75, 3.05) is 0 Å². The SMILES string of the molecule is O=C(O)c1c(F)c2c(F)c(F)ccc2[nH]c1=O. The van der Waals surface area contributed by atoms with Crippen LogP contribution in [0.5, 0.6) is 0 Å². The minimum Gasteiger partial charge on any atom is -0.477 e. The van der Waals surface area contributed by atoms with E-state index in [2.05, 4.69) is 0 Å². The fourth-order valence-electron chi connectivity index (χ4n) is 1.47. The molecule has 0 aliphatic heterocycles. The quantitative estimate of drug-likeness (QED) is 0.799. The summed E-state index contributed by atoms with van der Waals surface area (Å²) in [5, 5.41) is 7.70. The summed E-state index contributed by atoms with van der Waals surface area (Å²) >= 11 is 0. The van der Waals surface area contributed by atoms with Crippen molar-refractivity contribution in [3.8, 4) is 0 Å². The number of aromatic carboxylic acids is 1. The average molecular weight is 243 g/mol. The lowest BCUT2D eigenvalue weighted by molar-refractivity contribution is 0.0690. The van der Waals surface area contributed by atoms with Crippen molar-refractivity contribution in [1.82, 2.24) is 4.98 Å². The first-order valence-electron chi connectivity index (χ1n) is 4.36. The number of carbonyl (C=O) groups is 1. The van der Waals surface area contributed by atoms with Crippen molar-refractivity contribution in [3.63, 3.8) is 0 Å². The van der Waals surface area contributed by atoms with E-state index in [1.54, 1.807) is 0 Å². The highest BCUT2D eigenvalue weighted by molar-refractivity contribution is 5.93. The predicted octanol–water partition coefficient (Wildman–Crippen LogP) is 1.64. The fourth-order valence-corrected chi connectivity index (χ4v) is 1.47. The number of aromatic nitrogens is 1. The van der Waals surface area contributed by atoms with E-state index in [1.165, 1.54) is 0 Å². The second-order valence-electron chi connectivity index (χ2n) is 3.23. The fraction of sp³-hybridized carbons (Fsp3) is 0. The summed E-state index contributed by atoms with van der Waals surface area (Å²) in [6, 6.07) is 1.65. The number of pyridine rings is 1. The van der Waals surface area contributed by atoms with Crippen LogP contribution in [0.15, 0.2) is 16.9 Å². The van der Waals surface area contributed by atoms with Crippen molar-refractivity contribution in [2.45, 2.75) is 0 Å². The van der Waals surface area contributed by atoms with Crippen LogP contribution >= 0.6 is 0 Å². The van der Waals surface area contributed by atoms with Gasteiger partial charge in [-0.05, 0) is 12.1 Å². The topological polar surface area (TPSA) is 70.2 Å². The number of carboxylic acids is 1. The van der Waals surface area contributed by atoms with Gasteiger partial charge in [-0.2, -0.15) is 0 Å². The molecule has 2 aromatic rings. The van der Waals surface area contributed by atoms with Crippen molar-refractivity contribution in [2.24, 2.45) is 0 Å². The zero-order valence-electron chi connectivity index (χ0n) is 8.05. The summed E-state index contributed by atoms with van der Waals surface area (Å²) in [7, 11) is 0. The Morgan fingerprint density at radius 3 is 2.41 bits per heavy atom. The molecular weight excluding hydrogens is 239 g/mol. The largest absolute Gasteiger partial charge is 0.477 e. The van der Waals surface area contributed by atoms with Crippen LogP contribution in [0.25, 0.3) is 10.9 Å². The first-order valence-corrected chi connectivity index (χ1v) is 4.36.